The number of benzene rings is 2. The predicted molar refractivity (Wildman–Crippen MR) is 84.6 cm³/mol. The summed E-state index contributed by atoms with van der Waals surface area (Å²) in [6.45, 7) is 0. The number of carbonyl (C=O) groups is 1. The highest BCUT2D eigenvalue weighted by Gasteiger charge is 2.32. The normalized spacial score (nSPS) is 11.2. The SMILES string of the molecule is O=C(Cc1ccc(-n2cnnn2)cc1)Nc1ccccc1OC(F)(F)F. The Labute approximate surface area is 145 Å². The highest BCUT2D eigenvalue weighted by molar-refractivity contribution is 5.93. The molecule has 2 aromatic carbocycles. The molecule has 0 fully saturated rings. The molecule has 0 aliphatic carbocycles. The Hall–Kier alpha value is -3.43. The molecule has 0 saturated carbocycles. The van der Waals surface area contributed by atoms with Gasteiger partial charge in [-0.25, -0.2) is 4.68 Å². The molecule has 7 nitrogen and oxygen atoms in total. The van der Waals surface area contributed by atoms with Gasteiger partial charge in [0.25, 0.3) is 0 Å². The number of rotatable bonds is 5. The van der Waals surface area contributed by atoms with Gasteiger partial charge in [-0.3, -0.25) is 4.79 Å². The number of ether oxygens (including phenoxy) is 1. The number of alkyl halides is 3. The van der Waals surface area contributed by atoms with Gasteiger partial charge in [0, 0.05) is 0 Å². The molecule has 26 heavy (non-hydrogen) atoms. The molecule has 0 atom stereocenters. The van der Waals surface area contributed by atoms with Crippen molar-refractivity contribution in [3.63, 3.8) is 0 Å². The van der Waals surface area contributed by atoms with E-state index in [0.29, 0.717) is 11.3 Å². The third-order valence-electron chi connectivity index (χ3n) is 3.30. The summed E-state index contributed by atoms with van der Waals surface area (Å²) in [5, 5.41) is 13.2. The van der Waals surface area contributed by atoms with Crippen LogP contribution in [0, 0.1) is 0 Å². The van der Waals surface area contributed by atoms with Gasteiger partial charge >= 0.3 is 6.36 Å². The summed E-state index contributed by atoms with van der Waals surface area (Å²) in [6, 6.07) is 12.2. The number of nitrogens with one attached hydrogen (secondary N) is 1. The lowest BCUT2D eigenvalue weighted by atomic mass is 10.1. The van der Waals surface area contributed by atoms with Crippen molar-refractivity contribution in [2.24, 2.45) is 0 Å². The van der Waals surface area contributed by atoms with E-state index < -0.39 is 18.0 Å². The molecule has 134 valence electrons. The van der Waals surface area contributed by atoms with Crippen molar-refractivity contribution >= 4 is 11.6 Å². The molecule has 3 aromatic rings. The molecular formula is C16H12F3N5O2. The minimum atomic E-state index is -4.84. The van der Waals surface area contributed by atoms with Gasteiger partial charge in [-0.05, 0) is 40.3 Å². The van der Waals surface area contributed by atoms with Crippen LogP contribution in [0.4, 0.5) is 18.9 Å². The van der Waals surface area contributed by atoms with Crippen LogP contribution in [-0.2, 0) is 11.2 Å². The summed E-state index contributed by atoms with van der Waals surface area (Å²) in [7, 11) is 0. The fourth-order valence-electron chi connectivity index (χ4n) is 2.21. The predicted octanol–water partition coefficient (Wildman–Crippen LogP) is 2.74. The van der Waals surface area contributed by atoms with Crippen molar-refractivity contribution in [1.29, 1.82) is 0 Å². The first-order chi connectivity index (χ1) is 12.4. The van der Waals surface area contributed by atoms with E-state index >= 15 is 0 Å². The van der Waals surface area contributed by atoms with E-state index in [2.05, 4.69) is 25.6 Å². The van der Waals surface area contributed by atoms with Crippen LogP contribution in [0.15, 0.2) is 54.9 Å². The maximum absolute atomic E-state index is 12.4. The lowest BCUT2D eigenvalue weighted by Gasteiger charge is -2.13. The zero-order valence-electron chi connectivity index (χ0n) is 13.1. The maximum Gasteiger partial charge on any atom is 0.573 e. The first kappa shape index (κ1) is 17.4. The minimum absolute atomic E-state index is 0.0176. The summed E-state index contributed by atoms with van der Waals surface area (Å²) >= 11 is 0. The van der Waals surface area contributed by atoms with Gasteiger partial charge in [0.15, 0.2) is 5.75 Å². The van der Waals surface area contributed by atoms with E-state index in [1.54, 1.807) is 24.3 Å². The number of hydrogen-bond donors (Lipinski definition) is 1. The summed E-state index contributed by atoms with van der Waals surface area (Å²) in [6.07, 6.45) is -3.43. The van der Waals surface area contributed by atoms with Gasteiger partial charge in [0.2, 0.25) is 5.91 Å². The van der Waals surface area contributed by atoms with Crippen LogP contribution in [0.1, 0.15) is 5.56 Å². The fraction of sp³-hybridized carbons (Fsp3) is 0.125. The molecule has 1 amide bonds. The largest absolute Gasteiger partial charge is 0.573 e. The van der Waals surface area contributed by atoms with Crippen molar-refractivity contribution in [2.45, 2.75) is 12.8 Å². The van der Waals surface area contributed by atoms with E-state index in [1.165, 1.54) is 29.2 Å². The molecule has 0 aliphatic heterocycles. The highest BCUT2D eigenvalue weighted by atomic mass is 19.4. The number of tetrazole rings is 1. The molecule has 1 heterocycles. The van der Waals surface area contributed by atoms with Gasteiger partial charge in [-0.15, -0.1) is 18.3 Å². The van der Waals surface area contributed by atoms with Gasteiger partial charge < -0.3 is 10.1 Å². The van der Waals surface area contributed by atoms with Crippen LogP contribution in [0.25, 0.3) is 5.69 Å². The molecule has 10 heteroatoms. The van der Waals surface area contributed by atoms with Gasteiger partial charge in [-0.1, -0.05) is 24.3 Å². The highest BCUT2D eigenvalue weighted by Crippen LogP contribution is 2.30. The van der Waals surface area contributed by atoms with Crippen LogP contribution >= 0.6 is 0 Å². The minimum Gasteiger partial charge on any atom is -0.404 e. The zero-order valence-corrected chi connectivity index (χ0v) is 13.1. The molecule has 1 N–H and O–H groups in total. The Morgan fingerprint density at radius 1 is 1.12 bits per heavy atom. The van der Waals surface area contributed by atoms with Gasteiger partial charge in [0.05, 0.1) is 17.8 Å². The Bertz CT molecular complexity index is 880. The number of carbonyl (C=O) groups excluding carboxylic acids is 1. The molecule has 0 aliphatic rings. The number of aromatic nitrogens is 4. The number of nitrogens with zero attached hydrogens (tertiary/aromatic N) is 4. The Kier molecular flexibility index (Phi) is 4.83. The molecular weight excluding hydrogens is 351 g/mol. The molecule has 0 saturated heterocycles. The molecule has 3 rings (SSSR count). The third kappa shape index (κ3) is 4.56. The topological polar surface area (TPSA) is 81.9 Å². The molecule has 0 radical (unpaired) electrons. The Balaban J connectivity index is 1.66. The zero-order chi connectivity index (χ0) is 18.6. The van der Waals surface area contributed by atoms with Gasteiger partial charge in [-0.2, -0.15) is 0 Å². The van der Waals surface area contributed by atoms with Crippen molar-refractivity contribution in [1.82, 2.24) is 20.2 Å². The number of anilines is 1. The van der Waals surface area contributed by atoms with Crippen LogP contribution in [0.3, 0.4) is 0 Å². The number of hydrogen-bond acceptors (Lipinski definition) is 5. The number of para-hydroxylation sites is 2. The summed E-state index contributed by atoms with van der Waals surface area (Å²) < 4.78 is 42.6. The molecule has 0 unspecified atom stereocenters. The van der Waals surface area contributed by atoms with E-state index in [-0.39, 0.29) is 12.1 Å². The lowest BCUT2D eigenvalue weighted by molar-refractivity contribution is -0.274. The van der Waals surface area contributed by atoms with Crippen LogP contribution in [-0.4, -0.2) is 32.5 Å². The lowest BCUT2D eigenvalue weighted by Crippen LogP contribution is -2.20. The standard InChI is InChI=1S/C16H12F3N5O2/c17-16(18,19)26-14-4-2-1-3-13(14)21-15(25)9-11-5-7-12(8-6-11)24-10-20-22-23-24/h1-8,10H,9H2,(H,21,25). The fourth-order valence-corrected chi connectivity index (χ4v) is 2.21. The summed E-state index contributed by atoms with van der Waals surface area (Å²) in [4.78, 5) is 12.1. The first-order valence-electron chi connectivity index (χ1n) is 7.38. The molecule has 0 bridgehead atoms. The Morgan fingerprint density at radius 3 is 2.50 bits per heavy atom. The third-order valence-corrected chi connectivity index (χ3v) is 3.30. The van der Waals surface area contributed by atoms with Gasteiger partial charge in [0.1, 0.15) is 6.33 Å². The second-order valence-corrected chi connectivity index (χ2v) is 5.19. The number of halogens is 3. The molecule has 1 aromatic heterocycles. The van der Waals surface area contributed by atoms with Crippen LogP contribution < -0.4 is 10.1 Å². The average Bonchev–Trinajstić information content (AvgIpc) is 3.10. The summed E-state index contributed by atoms with van der Waals surface area (Å²) in [5.41, 5.74) is 1.33. The Morgan fingerprint density at radius 2 is 1.85 bits per heavy atom. The van der Waals surface area contributed by atoms with Crippen molar-refractivity contribution in [2.75, 3.05) is 5.32 Å². The van der Waals surface area contributed by atoms with Crippen LogP contribution in [0.2, 0.25) is 0 Å². The van der Waals surface area contributed by atoms with Crippen molar-refractivity contribution < 1.29 is 22.7 Å². The van der Waals surface area contributed by atoms with E-state index in [9.17, 15) is 18.0 Å². The second-order valence-electron chi connectivity index (χ2n) is 5.19. The molecule has 0 spiro atoms. The van der Waals surface area contributed by atoms with E-state index in [4.69, 9.17) is 0 Å². The number of amides is 1. The van der Waals surface area contributed by atoms with E-state index in [0.717, 1.165) is 6.07 Å². The van der Waals surface area contributed by atoms with Crippen molar-refractivity contribution in [3.05, 3.63) is 60.4 Å². The monoisotopic (exact) mass is 363 g/mol. The smallest absolute Gasteiger partial charge is 0.404 e. The van der Waals surface area contributed by atoms with Crippen molar-refractivity contribution in [3.8, 4) is 11.4 Å². The summed E-state index contributed by atoms with van der Waals surface area (Å²) in [5.74, 6) is -0.944. The first-order valence-corrected chi connectivity index (χ1v) is 7.38. The van der Waals surface area contributed by atoms with E-state index in [1.807, 2.05) is 0 Å². The second kappa shape index (κ2) is 7.21. The quantitative estimate of drug-likeness (QED) is 0.754. The maximum atomic E-state index is 12.4. The average molecular weight is 363 g/mol. The van der Waals surface area contributed by atoms with Crippen LogP contribution in [0.5, 0.6) is 5.75 Å².